The zero-order chi connectivity index (χ0) is 23.7. The first-order chi connectivity index (χ1) is 15.0. The summed E-state index contributed by atoms with van der Waals surface area (Å²) in [5.41, 5.74) is 1.85. The molecule has 1 N–H and O–H groups in total. The Morgan fingerprint density at radius 1 is 1.31 bits per heavy atom. The van der Waals surface area contributed by atoms with Gasteiger partial charge >= 0.3 is 5.97 Å². The van der Waals surface area contributed by atoms with Crippen LogP contribution in [0.3, 0.4) is 0 Å². The number of aliphatic hydroxyl groups is 1. The number of Topliss-reactive ketones (excluding diaryl/α,β-unsaturated/α-hetero) is 1. The predicted molar refractivity (Wildman–Crippen MR) is 129 cm³/mol. The van der Waals surface area contributed by atoms with Gasteiger partial charge in [0.05, 0.1) is 6.61 Å². The molecule has 2 heterocycles. The first-order valence-electron chi connectivity index (χ1n) is 11.0. The van der Waals surface area contributed by atoms with Crippen molar-refractivity contribution in [3.05, 3.63) is 46.0 Å². The highest BCUT2D eigenvalue weighted by Crippen LogP contribution is 2.42. The first kappa shape index (κ1) is 24.9. The van der Waals surface area contributed by atoms with Crippen molar-refractivity contribution in [3.63, 3.8) is 0 Å². The minimum Gasteiger partial charge on any atom is -0.457 e. The monoisotopic (exact) mass is 475 g/mol. The number of thioether (sulfide) groups is 1. The van der Waals surface area contributed by atoms with Crippen LogP contribution in [0, 0.1) is 12.8 Å². The number of hydrogen-bond donors (Lipinski definition) is 1. The van der Waals surface area contributed by atoms with Crippen molar-refractivity contribution < 1.29 is 19.4 Å². The van der Waals surface area contributed by atoms with E-state index in [0.29, 0.717) is 6.42 Å². The van der Waals surface area contributed by atoms with E-state index in [1.807, 2.05) is 39.0 Å². The fraction of sp³-hybridized carbons (Fsp3) is 0.560. The molecule has 2 atom stereocenters. The van der Waals surface area contributed by atoms with Crippen LogP contribution in [0.2, 0.25) is 0 Å². The van der Waals surface area contributed by atoms with Crippen molar-refractivity contribution in [3.8, 4) is 0 Å². The van der Waals surface area contributed by atoms with Gasteiger partial charge in [0.15, 0.2) is 11.0 Å². The number of aliphatic hydroxyl groups excluding tert-OH is 1. The summed E-state index contributed by atoms with van der Waals surface area (Å²) in [5.74, 6) is -0.494. The van der Waals surface area contributed by atoms with Gasteiger partial charge in [0.2, 0.25) is 0 Å². The molecule has 2 aromatic rings. The molecular weight excluding hydrogens is 442 g/mol. The van der Waals surface area contributed by atoms with Crippen LogP contribution in [0.4, 0.5) is 0 Å². The Hall–Kier alpha value is -1.70. The maximum Gasteiger partial charge on any atom is 0.327 e. The van der Waals surface area contributed by atoms with E-state index in [1.165, 1.54) is 23.3 Å². The van der Waals surface area contributed by atoms with Crippen LogP contribution in [0.15, 0.2) is 29.3 Å². The summed E-state index contributed by atoms with van der Waals surface area (Å²) in [6.45, 7) is 12.2. The molecule has 1 aliphatic rings. The average Bonchev–Trinajstić information content (AvgIpc) is 3.22. The number of benzene rings is 1. The van der Waals surface area contributed by atoms with E-state index in [0.717, 1.165) is 32.9 Å². The molecule has 2 unspecified atom stereocenters. The third kappa shape index (κ3) is 5.26. The maximum atomic E-state index is 13.3. The lowest BCUT2D eigenvalue weighted by molar-refractivity contribution is -0.176. The van der Waals surface area contributed by atoms with Gasteiger partial charge in [-0.2, -0.15) is 0 Å². The quantitative estimate of drug-likeness (QED) is 0.436. The van der Waals surface area contributed by atoms with Gasteiger partial charge in [0.25, 0.3) is 0 Å². The number of ether oxygens (including phenoxy) is 1. The maximum absolute atomic E-state index is 13.3. The fourth-order valence-corrected chi connectivity index (χ4v) is 6.01. The minimum atomic E-state index is -0.870. The standard InChI is InChI=1S/C25H33NO4S2/c1-15(2)25(9-7-18-8-10-26-32-18)13-20(28)22(23(29)30-25)31-21-11-16(3)17(14-27)12-19(21)24(4,5)6/h8,10-12,15,22,27H,7,9,13-14H2,1-6H3. The molecule has 5 nitrogen and oxygen atoms in total. The molecule has 0 bridgehead atoms. The van der Waals surface area contributed by atoms with Crippen LogP contribution in [0.25, 0.3) is 0 Å². The summed E-state index contributed by atoms with van der Waals surface area (Å²) in [7, 11) is 0. The predicted octanol–water partition coefficient (Wildman–Crippen LogP) is 5.25. The molecule has 0 spiro atoms. The molecule has 0 radical (unpaired) electrons. The van der Waals surface area contributed by atoms with Gasteiger partial charge in [-0.25, -0.2) is 4.37 Å². The van der Waals surface area contributed by atoms with Gasteiger partial charge in [-0.15, -0.1) is 11.8 Å². The molecule has 3 rings (SSSR count). The Morgan fingerprint density at radius 3 is 2.56 bits per heavy atom. The second kappa shape index (κ2) is 9.65. The Morgan fingerprint density at radius 2 is 2.03 bits per heavy atom. The summed E-state index contributed by atoms with van der Waals surface area (Å²) in [4.78, 5) is 28.5. The second-order valence-electron chi connectivity index (χ2n) is 9.94. The topological polar surface area (TPSA) is 76.5 Å². The van der Waals surface area contributed by atoms with E-state index in [-0.39, 0.29) is 30.1 Å². The van der Waals surface area contributed by atoms with Gasteiger partial charge < -0.3 is 9.84 Å². The highest BCUT2D eigenvalue weighted by atomic mass is 32.2. The van der Waals surface area contributed by atoms with E-state index < -0.39 is 16.8 Å². The summed E-state index contributed by atoms with van der Waals surface area (Å²) < 4.78 is 10.2. The number of carbonyl (C=O) groups excluding carboxylic acids is 2. The van der Waals surface area contributed by atoms with Crippen molar-refractivity contribution in [2.75, 3.05) is 0 Å². The Bertz CT molecular complexity index is 959. The lowest BCUT2D eigenvalue weighted by Gasteiger charge is -2.41. The molecule has 1 aromatic heterocycles. The van der Waals surface area contributed by atoms with Crippen LogP contribution >= 0.6 is 23.3 Å². The van der Waals surface area contributed by atoms with E-state index >= 15 is 0 Å². The number of cyclic esters (lactones) is 1. The van der Waals surface area contributed by atoms with Crippen molar-refractivity contribution in [1.82, 2.24) is 4.37 Å². The lowest BCUT2D eigenvalue weighted by Crippen LogP contribution is -2.52. The van der Waals surface area contributed by atoms with Crippen LogP contribution < -0.4 is 0 Å². The minimum absolute atomic E-state index is 0.0329. The van der Waals surface area contributed by atoms with Crippen molar-refractivity contribution >= 4 is 35.0 Å². The first-order valence-corrected chi connectivity index (χ1v) is 12.7. The zero-order valence-corrected chi connectivity index (χ0v) is 21.4. The molecule has 7 heteroatoms. The third-order valence-corrected chi connectivity index (χ3v) is 8.37. The smallest absolute Gasteiger partial charge is 0.327 e. The number of nitrogens with zero attached hydrogens (tertiary/aromatic N) is 1. The largest absolute Gasteiger partial charge is 0.457 e. The highest BCUT2D eigenvalue weighted by molar-refractivity contribution is 8.01. The van der Waals surface area contributed by atoms with Crippen molar-refractivity contribution in [2.24, 2.45) is 5.92 Å². The Kier molecular flexibility index (Phi) is 7.52. The van der Waals surface area contributed by atoms with Crippen LogP contribution in [0.1, 0.15) is 69.0 Å². The van der Waals surface area contributed by atoms with E-state index in [1.54, 1.807) is 6.20 Å². The Labute approximate surface area is 199 Å². The number of hydrogen-bond acceptors (Lipinski definition) is 7. The van der Waals surface area contributed by atoms with E-state index in [4.69, 9.17) is 4.74 Å². The molecule has 1 aromatic carbocycles. The summed E-state index contributed by atoms with van der Waals surface area (Å²) in [6, 6.07) is 5.94. The molecule has 174 valence electrons. The van der Waals surface area contributed by atoms with Crippen LogP contribution in [0.5, 0.6) is 0 Å². The van der Waals surface area contributed by atoms with Crippen molar-refractivity contribution in [2.45, 2.75) is 88.6 Å². The number of ketones is 1. The molecule has 0 aliphatic carbocycles. The number of aromatic nitrogens is 1. The van der Waals surface area contributed by atoms with Crippen LogP contribution in [-0.4, -0.2) is 32.1 Å². The summed E-state index contributed by atoms with van der Waals surface area (Å²) in [5, 5.41) is 8.83. The summed E-state index contributed by atoms with van der Waals surface area (Å²) in [6.07, 6.45) is 3.34. The summed E-state index contributed by atoms with van der Waals surface area (Å²) >= 11 is 2.72. The molecule has 32 heavy (non-hydrogen) atoms. The molecule has 1 fully saturated rings. The van der Waals surface area contributed by atoms with E-state index in [9.17, 15) is 14.7 Å². The zero-order valence-electron chi connectivity index (χ0n) is 19.7. The van der Waals surface area contributed by atoms with Gasteiger partial charge in [-0.3, -0.25) is 9.59 Å². The molecule has 0 saturated carbocycles. The van der Waals surface area contributed by atoms with Crippen LogP contribution in [-0.2, 0) is 32.8 Å². The average molecular weight is 476 g/mol. The second-order valence-corrected chi connectivity index (χ2v) is 12.0. The fourth-order valence-electron chi connectivity index (χ4n) is 4.09. The molecule has 1 aliphatic heterocycles. The number of rotatable bonds is 7. The number of esters is 1. The van der Waals surface area contributed by atoms with Gasteiger partial charge in [0, 0.05) is 22.4 Å². The third-order valence-electron chi connectivity index (χ3n) is 6.28. The molecule has 1 saturated heterocycles. The van der Waals surface area contributed by atoms with Gasteiger partial charge in [-0.05, 0) is 71.5 Å². The highest BCUT2D eigenvalue weighted by Gasteiger charge is 2.49. The van der Waals surface area contributed by atoms with Gasteiger partial charge in [0.1, 0.15) is 5.60 Å². The molecule has 0 amide bonds. The number of aryl methyl sites for hydroxylation is 2. The lowest BCUT2D eigenvalue weighted by atomic mass is 9.79. The molecular formula is C25H33NO4S2. The van der Waals surface area contributed by atoms with E-state index in [2.05, 4.69) is 25.1 Å². The number of carbonyl (C=O) groups is 2. The van der Waals surface area contributed by atoms with Gasteiger partial charge in [-0.1, -0.05) is 40.7 Å². The normalized spacial score (nSPS) is 21.8. The SMILES string of the molecule is Cc1cc(SC2C(=O)CC(CCc3ccns3)(C(C)C)OC2=O)c(C(C)(C)C)cc1CO. The Balaban J connectivity index is 1.85. The van der Waals surface area contributed by atoms with Crippen molar-refractivity contribution in [1.29, 1.82) is 0 Å².